The van der Waals surface area contributed by atoms with Crippen molar-refractivity contribution < 1.29 is 5.11 Å². The Hall–Kier alpha value is -0.980. The van der Waals surface area contributed by atoms with E-state index in [1.54, 1.807) is 0 Å². The van der Waals surface area contributed by atoms with E-state index in [9.17, 15) is 5.11 Å². The van der Waals surface area contributed by atoms with Crippen molar-refractivity contribution in [2.75, 3.05) is 0 Å². The Morgan fingerprint density at radius 2 is 0.600 bits per heavy atom. The van der Waals surface area contributed by atoms with Crippen molar-refractivity contribution in [2.24, 2.45) is 0 Å². The molecule has 1 aromatic rings. The van der Waals surface area contributed by atoms with Crippen LogP contribution in [0.1, 0.15) is 210 Å². The van der Waals surface area contributed by atoms with Crippen LogP contribution in [0.4, 0.5) is 0 Å². The van der Waals surface area contributed by atoms with Crippen LogP contribution in [-0.2, 0) is 12.8 Å². The van der Waals surface area contributed by atoms with Gasteiger partial charge in [-0.2, -0.15) is 0 Å². The van der Waals surface area contributed by atoms with Crippen LogP contribution in [0.15, 0.2) is 12.1 Å². The van der Waals surface area contributed by atoms with Gasteiger partial charge in [-0.25, -0.2) is 0 Å². The lowest BCUT2D eigenvalue weighted by atomic mass is 9.96. The summed E-state index contributed by atoms with van der Waals surface area (Å²) in [6.07, 6.45) is 41.2. The quantitative estimate of drug-likeness (QED) is 0.0934. The van der Waals surface area contributed by atoms with Crippen LogP contribution in [0.5, 0.6) is 5.75 Å². The molecule has 0 saturated carbocycles. The van der Waals surface area contributed by atoms with E-state index in [0.717, 1.165) is 12.8 Å². The predicted molar refractivity (Wildman–Crippen MR) is 181 cm³/mol. The number of phenolic OH excluding ortho intramolecular Hbond substituents is 1. The van der Waals surface area contributed by atoms with Crippen molar-refractivity contribution in [3.05, 3.63) is 28.8 Å². The molecule has 0 bridgehead atoms. The Morgan fingerprint density at radius 1 is 0.375 bits per heavy atom. The zero-order chi connectivity index (χ0) is 28.9. The Balaban J connectivity index is 2.03. The summed E-state index contributed by atoms with van der Waals surface area (Å²) < 4.78 is 0. The Morgan fingerprint density at radius 3 is 0.850 bits per heavy atom. The van der Waals surface area contributed by atoms with E-state index in [-0.39, 0.29) is 0 Å². The summed E-state index contributed by atoms with van der Waals surface area (Å²) >= 11 is 0. The summed E-state index contributed by atoms with van der Waals surface area (Å²) in [4.78, 5) is 0. The smallest absolute Gasteiger partial charge is 0.121 e. The highest BCUT2D eigenvalue weighted by Gasteiger charge is 2.09. The molecule has 0 aliphatic heterocycles. The molecular formula is C39H72O. The maximum atomic E-state index is 10.9. The molecule has 0 heterocycles. The lowest BCUT2D eigenvalue weighted by Gasteiger charge is -2.12. The van der Waals surface area contributed by atoms with Gasteiger partial charge in [-0.05, 0) is 43.7 Å². The van der Waals surface area contributed by atoms with Gasteiger partial charge in [0.25, 0.3) is 0 Å². The van der Waals surface area contributed by atoms with Crippen LogP contribution in [-0.4, -0.2) is 5.11 Å². The molecule has 0 amide bonds. The Bertz CT molecular complexity index is 610. The van der Waals surface area contributed by atoms with E-state index in [1.807, 2.05) is 0 Å². The number of hydrogen-bond acceptors (Lipinski definition) is 1. The van der Waals surface area contributed by atoms with Crippen LogP contribution >= 0.6 is 0 Å². The Kier molecular flexibility index (Phi) is 26.1. The zero-order valence-corrected chi connectivity index (χ0v) is 27.8. The first-order chi connectivity index (χ1) is 19.7. The highest BCUT2D eigenvalue weighted by Crippen LogP contribution is 2.28. The highest BCUT2D eigenvalue weighted by atomic mass is 16.3. The number of aromatic hydroxyl groups is 1. The van der Waals surface area contributed by atoms with Crippen molar-refractivity contribution in [3.63, 3.8) is 0 Å². The molecule has 0 radical (unpaired) electrons. The highest BCUT2D eigenvalue weighted by molar-refractivity contribution is 5.43. The summed E-state index contributed by atoms with van der Waals surface area (Å²) in [5.74, 6) is 0.606. The molecule has 0 unspecified atom stereocenters. The number of aryl methyl sites for hydroxylation is 3. The fourth-order valence-corrected chi connectivity index (χ4v) is 6.34. The van der Waals surface area contributed by atoms with E-state index < -0.39 is 0 Å². The van der Waals surface area contributed by atoms with Gasteiger partial charge < -0.3 is 5.11 Å². The maximum absolute atomic E-state index is 10.9. The Labute approximate surface area is 252 Å². The minimum atomic E-state index is 0.606. The molecule has 0 spiro atoms. The summed E-state index contributed by atoms with van der Waals surface area (Å²) in [5.41, 5.74) is 3.71. The van der Waals surface area contributed by atoms with Gasteiger partial charge >= 0.3 is 0 Å². The second-order valence-electron chi connectivity index (χ2n) is 13.1. The fraction of sp³-hybridized carbons (Fsp3) is 0.846. The van der Waals surface area contributed by atoms with Gasteiger partial charge in [-0.1, -0.05) is 198 Å². The fourth-order valence-electron chi connectivity index (χ4n) is 6.34. The minimum absolute atomic E-state index is 0.606. The molecule has 1 N–H and O–H groups in total. The third-order valence-electron chi connectivity index (χ3n) is 9.01. The van der Waals surface area contributed by atoms with Crippen molar-refractivity contribution in [1.29, 1.82) is 0 Å². The normalized spacial score (nSPS) is 11.5. The molecule has 0 aromatic heterocycles. The molecule has 0 fully saturated rings. The summed E-state index contributed by atoms with van der Waals surface area (Å²) in [5, 5.41) is 10.9. The van der Waals surface area contributed by atoms with Gasteiger partial charge in [0.1, 0.15) is 5.75 Å². The van der Waals surface area contributed by atoms with E-state index >= 15 is 0 Å². The van der Waals surface area contributed by atoms with Crippen LogP contribution in [0.3, 0.4) is 0 Å². The van der Waals surface area contributed by atoms with Gasteiger partial charge in [0.05, 0.1) is 0 Å². The average Bonchev–Trinajstić information content (AvgIpc) is 2.95. The van der Waals surface area contributed by atoms with Crippen LogP contribution in [0.2, 0.25) is 0 Å². The molecule has 1 heteroatoms. The van der Waals surface area contributed by atoms with Crippen molar-refractivity contribution in [3.8, 4) is 5.75 Å². The molecule has 1 aromatic carbocycles. The largest absolute Gasteiger partial charge is 0.507 e. The number of benzene rings is 1. The first-order valence-corrected chi connectivity index (χ1v) is 18.5. The van der Waals surface area contributed by atoms with E-state index in [1.165, 1.54) is 196 Å². The van der Waals surface area contributed by atoms with Gasteiger partial charge in [0.2, 0.25) is 0 Å². The van der Waals surface area contributed by atoms with Crippen molar-refractivity contribution in [1.82, 2.24) is 0 Å². The molecule has 0 aliphatic carbocycles. The van der Waals surface area contributed by atoms with Gasteiger partial charge in [-0.15, -0.1) is 0 Å². The third kappa shape index (κ3) is 21.7. The summed E-state index contributed by atoms with van der Waals surface area (Å²) in [6, 6.07) is 4.46. The predicted octanol–water partition coefficient (Wildman–Crippen LogP) is 13.7. The summed E-state index contributed by atoms with van der Waals surface area (Å²) in [6.45, 7) is 6.79. The van der Waals surface area contributed by atoms with Crippen molar-refractivity contribution >= 4 is 0 Å². The summed E-state index contributed by atoms with van der Waals surface area (Å²) in [7, 11) is 0. The van der Waals surface area contributed by atoms with Gasteiger partial charge in [0.15, 0.2) is 0 Å². The topological polar surface area (TPSA) is 20.2 Å². The number of phenols is 1. The zero-order valence-electron chi connectivity index (χ0n) is 27.8. The van der Waals surface area contributed by atoms with E-state index in [0.29, 0.717) is 5.75 Å². The molecule has 0 aliphatic rings. The number of unbranched alkanes of at least 4 members (excludes halogenated alkanes) is 26. The second kappa shape index (κ2) is 28.2. The van der Waals surface area contributed by atoms with Crippen LogP contribution < -0.4 is 0 Å². The molecular weight excluding hydrogens is 484 g/mol. The van der Waals surface area contributed by atoms with E-state index in [4.69, 9.17) is 0 Å². The first kappa shape index (κ1) is 37.0. The molecule has 0 atom stereocenters. The second-order valence-corrected chi connectivity index (χ2v) is 13.1. The minimum Gasteiger partial charge on any atom is -0.507 e. The molecule has 0 saturated heterocycles. The van der Waals surface area contributed by atoms with E-state index in [2.05, 4.69) is 32.9 Å². The lowest BCUT2D eigenvalue weighted by Crippen LogP contribution is -1.95. The molecule has 40 heavy (non-hydrogen) atoms. The third-order valence-corrected chi connectivity index (χ3v) is 9.01. The van der Waals surface area contributed by atoms with Gasteiger partial charge in [0, 0.05) is 0 Å². The molecule has 1 nitrogen and oxygen atoms in total. The monoisotopic (exact) mass is 557 g/mol. The number of rotatable bonds is 30. The molecule has 234 valence electrons. The lowest BCUT2D eigenvalue weighted by molar-refractivity contribution is 0.456. The van der Waals surface area contributed by atoms with Crippen LogP contribution in [0, 0.1) is 6.92 Å². The molecule has 1 rings (SSSR count). The van der Waals surface area contributed by atoms with Crippen LogP contribution in [0.25, 0.3) is 0 Å². The number of hydrogen-bond donors (Lipinski definition) is 1. The standard InChI is InChI=1S/C39H72O/c1-4-6-8-10-12-14-16-18-20-22-24-26-28-30-32-37-34-36(3)35-38(39(37)40)33-31-29-27-25-23-21-19-17-15-13-11-9-7-5-2/h34-35,40H,4-33H2,1-3H3. The first-order valence-electron chi connectivity index (χ1n) is 18.5. The maximum Gasteiger partial charge on any atom is 0.121 e. The van der Waals surface area contributed by atoms with Gasteiger partial charge in [-0.3, -0.25) is 0 Å². The van der Waals surface area contributed by atoms with Crippen molar-refractivity contribution in [2.45, 2.75) is 213 Å². The SMILES string of the molecule is CCCCCCCCCCCCCCCCc1cc(C)cc(CCCCCCCCCCCCCCCC)c1O. The average molecular weight is 557 g/mol.